The van der Waals surface area contributed by atoms with E-state index in [2.05, 4.69) is 29.3 Å². The minimum atomic E-state index is 0.518. The zero-order chi connectivity index (χ0) is 11.0. The summed E-state index contributed by atoms with van der Waals surface area (Å²) in [4.78, 5) is 4.11. The molecule has 1 aliphatic carbocycles. The minimum absolute atomic E-state index is 0.518. The molecule has 0 unspecified atom stereocenters. The van der Waals surface area contributed by atoms with Crippen molar-refractivity contribution in [3.63, 3.8) is 0 Å². The van der Waals surface area contributed by atoms with E-state index < -0.39 is 0 Å². The van der Waals surface area contributed by atoms with Crippen LogP contribution in [0.15, 0.2) is 17.5 Å². The molecule has 2 fully saturated rings. The lowest BCUT2D eigenvalue weighted by Crippen LogP contribution is -2.34. The monoisotopic (exact) mass is 237 g/mol. The second-order valence-electron chi connectivity index (χ2n) is 4.83. The molecule has 0 amide bonds. The second-order valence-corrected chi connectivity index (χ2v) is 5.87. The number of hydrogen-bond acceptors (Lipinski definition) is 3. The summed E-state index contributed by atoms with van der Waals surface area (Å²) in [5, 5.41) is 2.17. The van der Waals surface area contributed by atoms with Gasteiger partial charge in [0, 0.05) is 30.6 Å². The van der Waals surface area contributed by atoms with Crippen molar-refractivity contribution in [2.45, 2.75) is 38.5 Å². The van der Waals surface area contributed by atoms with E-state index in [1.807, 2.05) is 11.3 Å². The lowest BCUT2D eigenvalue weighted by molar-refractivity contribution is 0.0351. The van der Waals surface area contributed by atoms with Crippen molar-refractivity contribution >= 4 is 11.3 Å². The summed E-state index contributed by atoms with van der Waals surface area (Å²) in [5.41, 5.74) is 0. The molecule has 3 atom stereocenters. The Hall–Kier alpha value is -0.380. The second kappa shape index (κ2) is 4.47. The van der Waals surface area contributed by atoms with Gasteiger partial charge in [-0.05, 0) is 37.1 Å². The Balaban J connectivity index is 1.66. The highest BCUT2D eigenvalue weighted by atomic mass is 32.1. The smallest absolute Gasteiger partial charge is 0.0770 e. The molecule has 1 saturated heterocycles. The zero-order valence-corrected chi connectivity index (χ0v) is 10.6. The molecule has 3 rings (SSSR count). The highest BCUT2D eigenvalue weighted by molar-refractivity contribution is 7.09. The van der Waals surface area contributed by atoms with Gasteiger partial charge in [-0.25, -0.2) is 0 Å². The molecule has 1 aromatic rings. The molecule has 0 N–H and O–H groups in total. The van der Waals surface area contributed by atoms with Gasteiger partial charge in [-0.3, -0.25) is 4.90 Å². The summed E-state index contributed by atoms with van der Waals surface area (Å²) < 4.78 is 5.90. The fourth-order valence-electron chi connectivity index (χ4n) is 3.27. The highest BCUT2D eigenvalue weighted by Gasteiger charge is 2.47. The van der Waals surface area contributed by atoms with Gasteiger partial charge in [0.2, 0.25) is 0 Å². The fourth-order valence-corrected chi connectivity index (χ4v) is 4.00. The molecule has 0 radical (unpaired) electrons. The van der Waals surface area contributed by atoms with Crippen LogP contribution in [0, 0.1) is 5.92 Å². The molecule has 2 nitrogen and oxygen atoms in total. The molecule has 16 heavy (non-hydrogen) atoms. The quantitative estimate of drug-likeness (QED) is 0.798. The average molecular weight is 237 g/mol. The lowest BCUT2D eigenvalue weighted by Gasteiger charge is -2.26. The van der Waals surface area contributed by atoms with E-state index in [4.69, 9.17) is 4.74 Å². The van der Waals surface area contributed by atoms with Crippen molar-refractivity contribution in [1.29, 1.82) is 0 Å². The van der Waals surface area contributed by atoms with Crippen LogP contribution >= 0.6 is 11.3 Å². The van der Waals surface area contributed by atoms with Gasteiger partial charge in [-0.2, -0.15) is 0 Å². The third-order valence-corrected chi connectivity index (χ3v) is 4.77. The van der Waals surface area contributed by atoms with Crippen molar-refractivity contribution in [3.05, 3.63) is 22.4 Å². The molecule has 1 aromatic heterocycles. The van der Waals surface area contributed by atoms with E-state index in [0.717, 1.165) is 19.1 Å². The number of fused-ring (bicyclic) bond motifs is 2. The number of piperidine rings is 1. The molecule has 2 bridgehead atoms. The van der Waals surface area contributed by atoms with Crippen LogP contribution in [-0.2, 0) is 11.3 Å². The molecular weight excluding hydrogens is 218 g/mol. The molecule has 1 saturated carbocycles. The van der Waals surface area contributed by atoms with Crippen LogP contribution in [0.4, 0.5) is 0 Å². The zero-order valence-electron chi connectivity index (χ0n) is 9.76. The minimum Gasteiger partial charge on any atom is -0.377 e. The molecule has 2 aliphatic rings. The summed E-state index contributed by atoms with van der Waals surface area (Å²) in [6.07, 6.45) is 3.22. The van der Waals surface area contributed by atoms with Crippen LogP contribution in [0.25, 0.3) is 0 Å². The number of thiophene rings is 1. The topological polar surface area (TPSA) is 12.5 Å². The highest BCUT2D eigenvalue weighted by Crippen LogP contribution is 2.40. The van der Waals surface area contributed by atoms with Crippen molar-refractivity contribution in [2.75, 3.05) is 13.2 Å². The van der Waals surface area contributed by atoms with Crippen LogP contribution < -0.4 is 0 Å². The molecule has 2 heterocycles. The molecule has 3 heteroatoms. The normalized spacial score (nSPS) is 33.7. The van der Waals surface area contributed by atoms with Crippen LogP contribution in [-0.4, -0.2) is 30.2 Å². The van der Waals surface area contributed by atoms with Crippen molar-refractivity contribution in [1.82, 2.24) is 4.90 Å². The maximum Gasteiger partial charge on any atom is 0.0770 e. The van der Waals surface area contributed by atoms with E-state index in [0.29, 0.717) is 12.1 Å². The van der Waals surface area contributed by atoms with Gasteiger partial charge in [-0.1, -0.05) is 6.07 Å². The number of hydrogen-bond donors (Lipinski definition) is 0. The third-order valence-electron chi connectivity index (χ3n) is 3.91. The van der Waals surface area contributed by atoms with Crippen molar-refractivity contribution < 1.29 is 4.74 Å². The largest absolute Gasteiger partial charge is 0.377 e. The first-order valence-electron chi connectivity index (χ1n) is 6.26. The van der Waals surface area contributed by atoms with Gasteiger partial charge in [0.25, 0.3) is 0 Å². The van der Waals surface area contributed by atoms with E-state index in [-0.39, 0.29) is 0 Å². The average Bonchev–Trinajstić information content (AvgIpc) is 2.97. The van der Waals surface area contributed by atoms with Crippen LogP contribution in [0.2, 0.25) is 0 Å². The number of nitrogens with zero attached hydrogens (tertiary/aromatic N) is 1. The standard InChI is InChI=1S/C13H19NOS/c1-2-15-13-10-5-6-12(13)14(8-10)9-11-4-3-7-16-11/h3-4,7,10,12-13H,2,5-6,8-9H2,1H3/t10-,12+,13-/m0/s1. The summed E-state index contributed by atoms with van der Waals surface area (Å²) in [6, 6.07) is 5.08. The third kappa shape index (κ3) is 1.81. The van der Waals surface area contributed by atoms with Crippen LogP contribution in [0.1, 0.15) is 24.6 Å². The summed E-state index contributed by atoms with van der Waals surface area (Å²) in [7, 11) is 0. The predicted molar refractivity (Wildman–Crippen MR) is 66.7 cm³/mol. The Morgan fingerprint density at radius 3 is 3.19 bits per heavy atom. The molecule has 1 aliphatic heterocycles. The first-order valence-corrected chi connectivity index (χ1v) is 7.14. The van der Waals surface area contributed by atoms with Crippen LogP contribution in [0.3, 0.4) is 0 Å². The number of ether oxygens (including phenoxy) is 1. The first-order chi connectivity index (χ1) is 7.88. The summed E-state index contributed by atoms with van der Waals surface area (Å²) in [5.74, 6) is 0.796. The predicted octanol–water partition coefficient (Wildman–Crippen LogP) is 2.75. The SMILES string of the molecule is CCO[C@H]1[C@H]2CC[C@H]1N(Cc1cccs1)C2. The Morgan fingerprint density at radius 2 is 2.44 bits per heavy atom. The van der Waals surface area contributed by atoms with Gasteiger partial charge >= 0.3 is 0 Å². The van der Waals surface area contributed by atoms with Crippen LogP contribution in [0.5, 0.6) is 0 Å². The maximum absolute atomic E-state index is 5.90. The fraction of sp³-hybridized carbons (Fsp3) is 0.692. The Kier molecular flexibility index (Phi) is 3.01. The maximum atomic E-state index is 5.90. The van der Waals surface area contributed by atoms with Gasteiger partial charge in [0.1, 0.15) is 0 Å². The van der Waals surface area contributed by atoms with Gasteiger partial charge in [0.15, 0.2) is 0 Å². The number of rotatable bonds is 4. The van der Waals surface area contributed by atoms with E-state index >= 15 is 0 Å². The number of likely N-dealkylation sites (tertiary alicyclic amines) is 1. The van der Waals surface area contributed by atoms with E-state index in [1.54, 1.807) is 0 Å². The Bertz CT molecular complexity index is 338. The van der Waals surface area contributed by atoms with Gasteiger partial charge in [-0.15, -0.1) is 11.3 Å². The molecular formula is C13H19NOS. The molecule has 88 valence electrons. The lowest BCUT2D eigenvalue weighted by atomic mass is 10.1. The van der Waals surface area contributed by atoms with Crippen molar-refractivity contribution in [2.24, 2.45) is 5.92 Å². The van der Waals surface area contributed by atoms with E-state index in [9.17, 15) is 0 Å². The molecule has 0 aromatic carbocycles. The first kappa shape index (κ1) is 10.8. The van der Waals surface area contributed by atoms with E-state index in [1.165, 1.54) is 24.3 Å². The Morgan fingerprint density at radius 1 is 1.50 bits per heavy atom. The summed E-state index contributed by atoms with van der Waals surface area (Å²) in [6.45, 7) is 5.35. The Labute approximate surface area is 101 Å². The van der Waals surface area contributed by atoms with Gasteiger partial charge < -0.3 is 4.74 Å². The summed E-state index contributed by atoms with van der Waals surface area (Å²) >= 11 is 1.87. The van der Waals surface area contributed by atoms with Crippen molar-refractivity contribution in [3.8, 4) is 0 Å². The van der Waals surface area contributed by atoms with Gasteiger partial charge in [0.05, 0.1) is 6.10 Å². The molecule has 0 spiro atoms.